The van der Waals surface area contributed by atoms with Gasteiger partial charge in [-0.25, -0.2) is 0 Å². The van der Waals surface area contributed by atoms with E-state index in [-0.39, 0.29) is 6.61 Å². The van der Waals surface area contributed by atoms with Crippen molar-refractivity contribution in [2.24, 2.45) is 0 Å². The van der Waals surface area contributed by atoms with Gasteiger partial charge < -0.3 is 20.4 Å². The maximum atomic E-state index is 10.0. The molecular weight excluding hydrogens is 258 g/mol. The smallest absolute Gasteiger partial charge is 0.289 e. The number of nitro groups is 1. The molecule has 0 amide bonds. The topological polar surface area (TPSA) is 153 Å². The summed E-state index contributed by atoms with van der Waals surface area (Å²) in [5, 5.41) is 50.5. The Morgan fingerprint density at radius 2 is 1.68 bits per heavy atom. The molecule has 0 aliphatic carbocycles. The number of H-pyrrole nitrogens is 1. The van der Waals surface area contributed by atoms with Gasteiger partial charge in [-0.05, 0) is 19.4 Å². The number of rotatable bonds is 5. The monoisotopic (exact) mass is 277 g/mol. The van der Waals surface area contributed by atoms with Crippen LogP contribution in [0.2, 0.25) is 0 Å². The normalized spacial score (nSPS) is 10.8. The molecule has 110 valence electrons. The molecule has 0 aliphatic heterocycles. The molecule has 0 unspecified atom stereocenters. The standard InChI is InChI=1S/C6H10N2O.C4H9NO5/c1-4-5(2)7-8-6(4)3-9;6-1-4(2-7,3-8)5(9)10/h9H,3H2,1-2H3,(H,7,8);6-8H,1-3H2. The van der Waals surface area contributed by atoms with Crippen LogP contribution in [0.1, 0.15) is 17.0 Å². The van der Waals surface area contributed by atoms with Crippen LogP contribution < -0.4 is 0 Å². The van der Waals surface area contributed by atoms with Crippen LogP contribution in [0.5, 0.6) is 0 Å². The lowest BCUT2D eigenvalue weighted by atomic mass is 10.1. The number of aryl methyl sites for hydroxylation is 1. The van der Waals surface area contributed by atoms with Gasteiger partial charge in [-0.2, -0.15) is 5.10 Å². The van der Waals surface area contributed by atoms with E-state index in [0.29, 0.717) is 0 Å². The summed E-state index contributed by atoms with van der Waals surface area (Å²) >= 11 is 0. The highest BCUT2D eigenvalue weighted by molar-refractivity contribution is 5.21. The second kappa shape index (κ2) is 7.79. The summed E-state index contributed by atoms with van der Waals surface area (Å²) < 4.78 is 0. The van der Waals surface area contributed by atoms with Gasteiger partial charge in [0.15, 0.2) is 0 Å². The highest BCUT2D eigenvalue weighted by atomic mass is 16.6. The summed E-state index contributed by atoms with van der Waals surface area (Å²) in [6.45, 7) is 1.29. The zero-order chi connectivity index (χ0) is 15.1. The molecule has 0 aliphatic rings. The van der Waals surface area contributed by atoms with Crippen molar-refractivity contribution in [3.8, 4) is 0 Å². The lowest BCUT2D eigenvalue weighted by Crippen LogP contribution is -2.49. The summed E-state index contributed by atoms with van der Waals surface area (Å²) in [5.41, 5.74) is 0.837. The molecule has 5 N–H and O–H groups in total. The van der Waals surface area contributed by atoms with Crippen molar-refractivity contribution in [3.05, 3.63) is 27.1 Å². The van der Waals surface area contributed by atoms with Gasteiger partial charge in [-0.15, -0.1) is 0 Å². The first-order valence-electron chi connectivity index (χ1n) is 5.47. The maximum absolute atomic E-state index is 10.0. The molecular formula is C10H19N3O6. The van der Waals surface area contributed by atoms with Gasteiger partial charge >= 0.3 is 0 Å². The van der Waals surface area contributed by atoms with Gasteiger partial charge in [-0.1, -0.05) is 0 Å². The van der Waals surface area contributed by atoms with E-state index in [9.17, 15) is 10.1 Å². The van der Waals surface area contributed by atoms with Crippen molar-refractivity contribution < 1.29 is 25.3 Å². The van der Waals surface area contributed by atoms with Crippen LogP contribution in [0.4, 0.5) is 0 Å². The van der Waals surface area contributed by atoms with Crippen molar-refractivity contribution in [2.75, 3.05) is 19.8 Å². The fourth-order valence-electron chi connectivity index (χ4n) is 1.01. The van der Waals surface area contributed by atoms with Crippen molar-refractivity contribution in [1.82, 2.24) is 10.2 Å². The zero-order valence-corrected chi connectivity index (χ0v) is 10.8. The summed E-state index contributed by atoms with van der Waals surface area (Å²) in [6, 6.07) is 0. The van der Waals surface area contributed by atoms with Gasteiger partial charge in [0.1, 0.15) is 19.8 Å². The van der Waals surface area contributed by atoms with Gasteiger partial charge in [0.2, 0.25) is 0 Å². The molecule has 9 nitrogen and oxygen atoms in total. The Kier molecular flexibility index (Phi) is 7.16. The van der Waals surface area contributed by atoms with Crippen molar-refractivity contribution in [2.45, 2.75) is 26.0 Å². The number of hydrogen-bond donors (Lipinski definition) is 5. The van der Waals surface area contributed by atoms with Gasteiger partial charge in [-0.3, -0.25) is 15.2 Å². The van der Waals surface area contributed by atoms with Crippen molar-refractivity contribution in [3.63, 3.8) is 0 Å². The van der Waals surface area contributed by atoms with Crippen LogP contribution in [0.15, 0.2) is 0 Å². The second-order valence-corrected chi connectivity index (χ2v) is 4.03. The average molecular weight is 277 g/mol. The number of hydrogen-bond acceptors (Lipinski definition) is 7. The molecule has 19 heavy (non-hydrogen) atoms. The van der Waals surface area contributed by atoms with Gasteiger partial charge in [0, 0.05) is 10.6 Å². The largest absolute Gasteiger partial charge is 0.390 e. The molecule has 0 saturated heterocycles. The van der Waals surface area contributed by atoms with Gasteiger partial charge in [0.05, 0.1) is 12.3 Å². The first kappa shape index (κ1) is 17.4. The molecule has 1 aromatic rings. The molecule has 0 spiro atoms. The lowest BCUT2D eigenvalue weighted by Gasteiger charge is -2.16. The third-order valence-electron chi connectivity index (χ3n) is 2.77. The quantitative estimate of drug-likeness (QED) is 0.324. The van der Waals surface area contributed by atoms with E-state index in [0.717, 1.165) is 17.0 Å². The van der Waals surface area contributed by atoms with Crippen LogP contribution in [0.3, 0.4) is 0 Å². The molecule has 0 bridgehead atoms. The molecule has 1 heterocycles. The minimum atomic E-state index is -1.99. The third kappa shape index (κ3) is 4.24. The molecule has 0 saturated carbocycles. The number of aromatic amines is 1. The molecule has 0 radical (unpaired) electrons. The number of aliphatic hydroxyl groups is 4. The summed E-state index contributed by atoms with van der Waals surface area (Å²) in [5.74, 6) is 0. The minimum absolute atomic E-state index is 0.0240. The predicted octanol–water partition coefficient (Wildman–Crippen LogP) is -1.50. The molecule has 0 fully saturated rings. The van der Waals surface area contributed by atoms with E-state index in [1.807, 2.05) is 13.8 Å². The maximum Gasteiger partial charge on any atom is 0.289 e. The third-order valence-corrected chi connectivity index (χ3v) is 2.77. The van der Waals surface area contributed by atoms with Crippen LogP contribution in [-0.4, -0.2) is 60.9 Å². The average Bonchev–Trinajstić information content (AvgIpc) is 2.73. The Hall–Kier alpha value is -1.55. The van der Waals surface area contributed by atoms with Crippen LogP contribution in [-0.2, 0) is 6.61 Å². The van der Waals surface area contributed by atoms with E-state index in [4.69, 9.17) is 20.4 Å². The second-order valence-electron chi connectivity index (χ2n) is 4.03. The van der Waals surface area contributed by atoms with Crippen LogP contribution in [0.25, 0.3) is 0 Å². The fourth-order valence-corrected chi connectivity index (χ4v) is 1.01. The Balaban J connectivity index is 0.000000342. The van der Waals surface area contributed by atoms with Crippen LogP contribution in [0, 0.1) is 24.0 Å². The van der Waals surface area contributed by atoms with E-state index in [1.54, 1.807) is 0 Å². The van der Waals surface area contributed by atoms with E-state index in [1.165, 1.54) is 0 Å². The number of nitrogens with zero attached hydrogens (tertiary/aromatic N) is 2. The van der Waals surface area contributed by atoms with Crippen molar-refractivity contribution >= 4 is 0 Å². The molecule has 1 rings (SSSR count). The summed E-state index contributed by atoms with van der Waals surface area (Å²) in [4.78, 5) is 9.14. The molecule has 9 heteroatoms. The molecule has 1 aromatic heterocycles. The Morgan fingerprint density at radius 1 is 1.21 bits per heavy atom. The zero-order valence-electron chi connectivity index (χ0n) is 10.8. The molecule has 0 atom stereocenters. The number of nitrogens with one attached hydrogen (secondary N) is 1. The lowest BCUT2D eigenvalue weighted by molar-refractivity contribution is -0.580. The molecule has 0 aromatic carbocycles. The first-order chi connectivity index (χ1) is 8.88. The SMILES string of the molecule is Cc1[nH]nc(CO)c1C.O=[N+]([O-])C(CO)(CO)CO. The summed E-state index contributed by atoms with van der Waals surface area (Å²) in [7, 11) is 0. The van der Waals surface area contributed by atoms with E-state index < -0.39 is 30.3 Å². The number of aromatic nitrogens is 2. The number of aliphatic hydroxyl groups excluding tert-OH is 4. The van der Waals surface area contributed by atoms with E-state index >= 15 is 0 Å². The highest BCUT2D eigenvalue weighted by Gasteiger charge is 2.41. The van der Waals surface area contributed by atoms with Crippen LogP contribution >= 0.6 is 0 Å². The highest BCUT2D eigenvalue weighted by Crippen LogP contribution is 2.07. The van der Waals surface area contributed by atoms with Gasteiger partial charge in [0.25, 0.3) is 5.54 Å². The Labute approximate surface area is 109 Å². The Morgan fingerprint density at radius 3 is 1.79 bits per heavy atom. The Bertz CT molecular complexity index is 394. The predicted molar refractivity (Wildman–Crippen MR) is 65.0 cm³/mol. The first-order valence-corrected chi connectivity index (χ1v) is 5.47. The van der Waals surface area contributed by atoms with E-state index in [2.05, 4.69) is 10.2 Å². The summed E-state index contributed by atoms with van der Waals surface area (Å²) in [6.07, 6.45) is 0. The fraction of sp³-hybridized carbons (Fsp3) is 0.700. The minimum Gasteiger partial charge on any atom is -0.390 e. The van der Waals surface area contributed by atoms with Crippen molar-refractivity contribution in [1.29, 1.82) is 0 Å².